The van der Waals surface area contributed by atoms with Gasteiger partial charge in [0.05, 0.1) is 5.70 Å². The molecule has 1 amide bonds. The Morgan fingerprint density at radius 1 is 1.14 bits per heavy atom. The molecule has 5 nitrogen and oxygen atoms in total. The quantitative estimate of drug-likeness (QED) is 0.820. The lowest BCUT2D eigenvalue weighted by molar-refractivity contribution is -0.289. The maximum Gasteiger partial charge on any atom is 0.442 e. The molecule has 0 saturated carbocycles. The molecule has 3 rings (SSSR count). The third kappa shape index (κ3) is 3.68. The number of aliphatic hydroxyl groups is 1. The van der Waals surface area contributed by atoms with Gasteiger partial charge in [-0.3, -0.25) is 10.2 Å². The van der Waals surface area contributed by atoms with Crippen LogP contribution >= 0.6 is 0 Å². The van der Waals surface area contributed by atoms with Crippen LogP contribution in [0.5, 0.6) is 5.75 Å². The second kappa shape index (κ2) is 7.55. The number of ether oxygens (including phenoxy) is 1. The third-order valence-corrected chi connectivity index (χ3v) is 4.37. The number of nitrogens with one attached hydrogen (secondary N) is 1. The van der Waals surface area contributed by atoms with Gasteiger partial charge in [0.15, 0.2) is 6.61 Å². The van der Waals surface area contributed by atoms with E-state index in [1.165, 1.54) is 0 Å². The van der Waals surface area contributed by atoms with Gasteiger partial charge in [-0.15, -0.1) is 0 Å². The number of hydrogen-bond donors (Lipinski definition) is 2. The van der Waals surface area contributed by atoms with Crippen molar-refractivity contribution in [1.82, 2.24) is 10.4 Å². The minimum atomic E-state index is -5.10. The van der Waals surface area contributed by atoms with Crippen molar-refractivity contribution in [3.8, 4) is 5.75 Å². The zero-order valence-electron chi connectivity index (χ0n) is 15.0. The first kappa shape index (κ1) is 19.8. The summed E-state index contributed by atoms with van der Waals surface area (Å²) in [5, 5.41) is 10.4. The zero-order chi connectivity index (χ0) is 20.4. The number of aryl methyl sites for hydroxylation is 1. The first-order valence-electron chi connectivity index (χ1n) is 8.64. The van der Waals surface area contributed by atoms with Crippen LogP contribution in [0.3, 0.4) is 0 Å². The fourth-order valence-corrected chi connectivity index (χ4v) is 2.87. The summed E-state index contributed by atoms with van der Waals surface area (Å²) in [6.07, 6.45) is -3.88. The summed E-state index contributed by atoms with van der Waals surface area (Å²) in [6.45, 7) is 1.23. The number of hydrogen-bond acceptors (Lipinski definition) is 4. The van der Waals surface area contributed by atoms with E-state index in [9.17, 15) is 23.1 Å². The molecule has 1 aliphatic heterocycles. The van der Waals surface area contributed by atoms with E-state index in [1.54, 1.807) is 54.6 Å². The number of rotatable bonds is 5. The monoisotopic (exact) mass is 392 g/mol. The van der Waals surface area contributed by atoms with Crippen LogP contribution in [0.1, 0.15) is 18.1 Å². The van der Waals surface area contributed by atoms with Crippen molar-refractivity contribution in [1.29, 1.82) is 0 Å². The van der Waals surface area contributed by atoms with Gasteiger partial charge in [-0.1, -0.05) is 55.5 Å². The fraction of sp³-hybridized carbons (Fsp3) is 0.250. The van der Waals surface area contributed by atoms with Crippen molar-refractivity contribution in [3.05, 3.63) is 71.8 Å². The van der Waals surface area contributed by atoms with Crippen LogP contribution in [0.2, 0.25) is 0 Å². The number of carbonyl (C=O) groups excluding carboxylic acids is 1. The maximum absolute atomic E-state index is 13.6. The van der Waals surface area contributed by atoms with Gasteiger partial charge in [0.2, 0.25) is 0 Å². The molecule has 148 valence electrons. The van der Waals surface area contributed by atoms with Gasteiger partial charge in [0, 0.05) is 6.08 Å². The van der Waals surface area contributed by atoms with Crippen molar-refractivity contribution in [2.24, 2.45) is 0 Å². The summed E-state index contributed by atoms with van der Waals surface area (Å²) in [4.78, 5) is 12.5. The molecular formula is C20H19F3N2O3. The van der Waals surface area contributed by atoms with Crippen molar-refractivity contribution >= 4 is 11.6 Å². The highest BCUT2D eigenvalue weighted by Crippen LogP contribution is 2.39. The molecular weight excluding hydrogens is 373 g/mol. The van der Waals surface area contributed by atoms with Gasteiger partial charge in [-0.05, 0) is 23.6 Å². The molecule has 0 saturated heterocycles. The minimum Gasteiger partial charge on any atom is -0.483 e. The molecule has 0 aliphatic carbocycles. The number of nitrogens with zero attached hydrogens (tertiary/aromatic N) is 1. The zero-order valence-corrected chi connectivity index (χ0v) is 15.0. The number of amides is 1. The van der Waals surface area contributed by atoms with E-state index < -0.39 is 24.4 Å². The second-order valence-electron chi connectivity index (χ2n) is 6.24. The average molecular weight is 392 g/mol. The van der Waals surface area contributed by atoms with Crippen molar-refractivity contribution in [2.75, 3.05) is 6.61 Å². The number of halogens is 3. The standard InChI is InChI=1S/C20H19F3N2O3/c1-2-14-8-6-7-11-17(14)28-13-18(26)25-19(27,20(21,22)23)12-16(24-25)15-9-4-3-5-10-15/h3-12,24,27H,2,13H2,1H3/t19-/m0/s1. The van der Waals surface area contributed by atoms with Gasteiger partial charge >= 0.3 is 6.18 Å². The Hall–Kier alpha value is -3.00. The molecule has 2 aromatic rings. The lowest BCUT2D eigenvalue weighted by Crippen LogP contribution is -2.61. The van der Waals surface area contributed by atoms with Gasteiger partial charge in [-0.2, -0.15) is 13.2 Å². The first-order valence-corrected chi connectivity index (χ1v) is 8.64. The number of alkyl halides is 3. The van der Waals surface area contributed by atoms with Crippen molar-refractivity contribution in [2.45, 2.75) is 25.2 Å². The Labute approximate surface area is 160 Å². The Bertz CT molecular complexity index is 884. The largest absolute Gasteiger partial charge is 0.483 e. The lowest BCUT2D eigenvalue weighted by atomic mass is 10.1. The predicted octanol–water partition coefficient (Wildman–Crippen LogP) is 3.27. The molecule has 0 unspecified atom stereocenters. The molecule has 0 radical (unpaired) electrons. The minimum absolute atomic E-state index is 0.0252. The van der Waals surface area contributed by atoms with Crippen molar-refractivity contribution < 1.29 is 27.8 Å². The van der Waals surface area contributed by atoms with E-state index in [4.69, 9.17) is 4.74 Å². The van der Waals surface area contributed by atoms with E-state index >= 15 is 0 Å². The number of hydrazine groups is 1. The van der Waals surface area contributed by atoms with Crippen LogP contribution in [-0.2, 0) is 11.2 Å². The Morgan fingerprint density at radius 3 is 2.43 bits per heavy atom. The number of para-hydroxylation sites is 1. The maximum atomic E-state index is 13.6. The summed E-state index contributed by atoms with van der Waals surface area (Å²) >= 11 is 0. The summed E-state index contributed by atoms with van der Waals surface area (Å²) in [6, 6.07) is 15.1. The second-order valence-corrected chi connectivity index (χ2v) is 6.24. The normalized spacial score (nSPS) is 19.2. The molecule has 2 N–H and O–H groups in total. The smallest absolute Gasteiger partial charge is 0.442 e. The average Bonchev–Trinajstić information content (AvgIpc) is 3.06. The van der Waals surface area contributed by atoms with Crippen molar-refractivity contribution in [3.63, 3.8) is 0 Å². The van der Waals surface area contributed by atoms with Crippen LogP contribution in [0, 0.1) is 0 Å². The molecule has 0 fully saturated rings. The van der Waals surface area contributed by atoms with Gasteiger partial charge in [0.25, 0.3) is 11.6 Å². The highest BCUT2D eigenvalue weighted by Gasteiger charge is 2.61. The molecule has 1 atom stereocenters. The SMILES string of the molecule is CCc1ccccc1OCC(=O)N1NC(c2ccccc2)=C[C@]1(O)C(F)(F)F. The lowest BCUT2D eigenvalue weighted by Gasteiger charge is -2.33. The molecule has 8 heteroatoms. The van der Waals surface area contributed by atoms with Gasteiger partial charge in [0.1, 0.15) is 5.75 Å². The number of benzene rings is 2. The highest BCUT2D eigenvalue weighted by molar-refractivity contribution is 5.82. The Kier molecular flexibility index (Phi) is 5.33. The predicted molar refractivity (Wildman–Crippen MR) is 96.7 cm³/mol. The van der Waals surface area contributed by atoms with E-state index in [1.807, 2.05) is 6.92 Å². The molecule has 0 bridgehead atoms. The summed E-state index contributed by atoms with van der Waals surface area (Å²) in [5.41, 5.74) is 0.0745. The topological polar surface area (TPSA) is 61.8 Å². The summed E-state index contributed by atoms with van der Waals surface area (Å²) < 4.78 is 46.1. The fourth-order valence-electron chi connectivity index (χ4n) is 2.87. The van der Waals surface area contributed by atoms with Gasteiger partial charge < -0.3 is 9.84 Å². The van der Waals surface area contributed by atoms with Gasteiger partial charge in [-0.25, -0.2) is 5.01 Å². The van der Waals surface area contributed by atoms with E-state index in [2.05, 4.69) is 5.43 Å². The third-order valence-electron chi connectivity index (χ3n) is 4.37. The van der Waals surface area contributed by atoms with E-state index in [-0.39, 0.29) is 10.7 Å². The molecule has 0 aromatic heterocycles. The Morgan fingerprint density at radius 2 is 1.79 bits per heavy atom. The first-order chi connectivity index (χ1) is 13.3. The van der Waals surface area contributed by atoms with Crippen LogP contribution in [0.15, 0.2) is 60.7 Å². The van der Waals surface area contributed by atoms with Crippen LogP contribution in [0.4, 0.5) is 13.2 Å². The highest BCUT2D eigenvalue weighted by atomic mass is 19.4. The van der Waals surface area contributed by atoms with Crippen LogP contribution in [0.25, 0.3) is 5.70 Å². The van der Waals surface area contributed by atoms with E-state index in [0.29, 0.717) is 23.8 Å². The molecule has 0 spiro atoms. The molecule has 2 aromatic carbocycles. The summed E-state index contributed by atoms with van der Waals surface area (Å²) in [7, 11) is 0. The summed E-state index contributed by atoms with van der Waals surface area (Å²) in [5.74, 6) is -0.655. The molecule has 1 aliphatic rings. The van der Waals surface area contributed by atoms with E-state index in [0.717, 1.165) is 5.56 Å². The molecule has 1 heterocycles. The van der Waals surface area contributed by atoms with Crippen LogP contribution < -0.4 is 10.2 Å². The molecule has 28 heavy (non-hydrogen) atoms. The number of carbonyl (C=O) groups is 1. The Balaban J connectivity index is 1.82. The van der Waals surface area contributed by atoms with Crippen LogP contribution in [-0.4, -0.2) is 34.5 Å².